The van der Waals surface area contributed by atoms with Gasteiger partial charge in [-0.1, -0.05) is 12.1 Å². The first-order chi connectivity index (χ1) is 11.3. The number of carbonyl (C=O) groups excluding carboxylic acids is 3. The van der Waals surface area contributed by atoms with E-state index >= 15 is 0 Å². The Labute approximate surface area is 139 Å². The van der Waals surface area contributed by atoms with Crippen molar-refractivity contribution in [2.24, 2.45) is 5.73 Å². The Kier molecular flexibility index (Phi) is 7.36. The van der Waals surface area contributed by atoms with Gasteiger partial charge in [0.15, 0.2) is 0 Å². The molecule has 0 fully saturated rings. The minimum absolute atomic E-state index is 0.0442. The molecule has 0 aliphatic rings. The molecule has 3 amide bonds. The van der Waals surface area contributed by atoms with E-state index in [2.05, 4.69) is 10.6 Å². The average Bonchev–Trinajstić information content (AvgIpc) is 2.49. The lowest BCUT2D eigenvalue weighted by molar-refractivity contribution is -0.130. The number of nitrogens with one attached hydrogen (secondary N) is 2. The van der Waals surface area contributed by atoms with Crippen LogP contribution in [-0.2, 0) is 20.8 Å². The van der Waals surface area contributed by atoms with Crippen molar-refractivity contribution in [3.05, 3.63) is 35.6 Å². The number of nitriles is 1. The second-order valence-corrected chi connectivity index (χ2v) is 5.25. The van der Waals surface area contributed by atoms with Gasteiger partial charge in [0.2, 0.25) is 17.7 Å². The third-order valence-corrected chi connectivity index (χ3v) is 3.23. The van der Waals surface area contributed by atoms with Gasteiger partial charge in [-0.3, -0.25) is 14.4 Å². The van der Waals surface area contributed by atoms with Crippen LogP contribution in [0.2, 0.25) is 0 Å². The summed E-state index contributed by atoms with van der Waals surface area (Å²) in [6.45, 7) is 1.24. The summed E-state index contributed by atoms with van der Waals surface area (Å²) in [6.07, 6.45) is 0.166. The average molecular weight is 334 g/mol. The van der Waals surface area contributed by atoms with E-state index in [0.717, 1.165) is 0 Å². The summed E-state index contributed by atoms with van der Waals surface area (Å²) < 4.78 is 13.3. The maximum Gasteiger partial charge on any atom is 0.243 e. The van der Waals surface area contributed by atoms with E-state index in [1.807, 2.05) is 6.07 Å². The van der Waals surface area contributed by atoms with E-state index in [1.165, 1.54) is 25.1 Å². The number of nitrogens with two attached hydrogens (primary N) is 1. The minimum atomic E-state index is -1.01. The largest absolute Gasteiger partial charge is 0.368 e. The van der Waals surface area contributed by atoms with Crippen LogP contribution in [0, 0.1) is 17.1 Å². The fourth-order valence-electron chi connectivity index (χ4n) is 2.12. The minimum Gasteiger partial charge on any atom is -0.368 e. The van der Waals surface area contributed by atoms with Gasteiger partial charge in [0, 0.05) is 19.8 Å². The van der Waals surface area contributed by atoms with Gasteiger partial charge in [-0.2, -0.15) is 5.26 Å². The van der Waals surface area contributed by atoms with E-state index in [-0.39, 0.29) is 19.3 Å². The molecule has 0 aliphatic carbocycles. The summed E-state index contributed by atoms with van der Waals surface area (Å²) in [5.41, 5.74) is 5.71. The summed E-state index contributed by atoms with van der Waals surface area (Å²) in [7, 11) is 0. The van der Waals surface area contributed by atoms with E-state index in [4.69, 9.17) is 11.0 Å². The molecule has 1 aromatic rings. The molecule has 8 heteroatoms. The Balaban J connectivity index is 2.85. The molecule has 0 unspecified atom stereocenters. The normalized spacial score (nSPS) is 12.5. The van der Waals surface area contributed by atoms with Crippen molar-refractivity contribution in [3.8, 4) is 6.07 Å². The van der Waals surface area contributed by atoms with Gasteiger partial charge in [-0.25, -0.2) is 4.39 Å². The summed E-state index contributed by atoms with van der Waals surface area (Å²) in [5, 5.41) is 13.4. The van der Waals surface area contributed by atoms with Crippen molar-refractivity contribution in [1.29, 1.82) is 5.26 Å². The molecule has 0 saturated heterocycles. The Morgan fingerprint density at radius 1 is 1.29 bits per heavy atom. The number of hydrogen-bond donors (Lipinski definition) is 3. The third-order valence-electron chi connectivity index (χ3n) is 3.23. The fraction of sp³-hybridized carbons (Fsp3) is 0.375. The maximum absolute atomic E-state index is 13.3. The number of carbonyl (C=O) groups is 3. The van der Waals surface area contributed by atoms with E-state index in [0.29, 0.717) is 5.56 Å². The highest BCUT2D eigenvalue weighted by atomic mass is 19.1. The topological polar surface area (TPSA) is 125 Å². The van der Waals surface area contributed by atoms with Crippen LogP contribution >= 0.6 is 0 Å². The summed E-state index contributed by atoms with van der Waals surface area (Å²) in [4.78, 5) is 35.0. The van der Waals surface area contributed by atoms with Crippen molar-refractivity contribution in [2.75, 3.05) is 0 Å². The highest BCUT2D eigenvalue weighted by molar-refractivity contribution is 5.91. The van der Waals surface area contributed by atoms with Crippen molar-refractivity contribution >= 4 is 17.7 Å². The Hall–Kier alpha value is -2.95. The van der Waals surface area contributed by atoms with Crippen LogP contribution in [0.15, 0.2) is 24.3 Å². The van der Waals surface area contributed by atoms with Crippen LogP contribution in [-0.4, -0.2) is 29.8 Å². The zero-order valence-corrected chi connectivity index (χ0v) is 13.2. The van der Waals surface area contributed by atoms with Gasteiger partial charge in [0.05, 0.1) is 6.07 Å². The molecule has 0 radical (unpaired) electrons. The van der Waals surface area contributed by atoms with Crippen LogP contribution in [0.1, 0.15) is 25.3 Å². The van der Waals surface area contributed by atoms with Crippen LogP contribution in [0.25, 0.3) is 0 Å². The zero-order valence-electron chi connectivity index (χ0n) is 13.2. The first kappa shape index (κ1) is 19.1. The van der Waals surface area contributed by atoms with Gasteiger partial charge in [0.1, 0.15) is 17.9 Å². The Morgan fingerprint density at radius 2 is 2.00 bits per heavy atom. The van der Waals surface area contributed by atoms with Crippen LogP contribution in [0.3, 0.4) is 0 Å². The molecule has 128 valence electrons. The van der Waals surface area contributed by atoms with E-state index in [9.17, 15) is 18.8 Å². The number of rotatable bonds is 8. The van der Waals surface area contributed by atoms with Crippen LogP contribution in [0.4, 0.5) is 4.39 Å². The number of amides is 3. The number of halogens is 1. The molecular formula is C16H19FN4O3. The molecule has 1 rings (SSSR count). The molecule has 4 N–H and O–H groups in total. The highest BCUT2D eigenvalue weighted by Crippen LogP contribution is 2.08. The lowest BCUT2D eigenvalue weighted by Crippen LogP contribution is -2.53. The van der Waals surface area contributed by atoms with Crippen molar-refractivity contribution in [3.63, 3.8) is 0 Å². The fourth-order valence-corrected chi connectivity index (χ4v) is 2.12. The molecule has 0 aliphatic heterocycles. The zero-order chi connectivity index (χ0) is 18.1. The van der Waals surface area contributed by atoms with Gasteiger partial charge in [0.25, 0.3) is 0 Å². The quantitative estimate of drug-likeness (QED) is 0.625. The summed E-state index contributed by atoms with van der Waals surface area (Å²) in [6, 6.07) is 5.49. The van der Waals surface area contributed by atoms with Crippen molar-refractivity contribution in [2.45, 2.75) is 38.3 Å². The summed E-state index contributed by atoms with van der Waals surface area (Å²) >= 11 is 0. The maximum atomic E-state index is 13.3. The first-order valence-corrected chi connectivity index (χ1v) is 7.31. The monoisotopic (exact) mass is 334 g/mol. The van der Waals surface area contributed by atoms with Crippen molar-refractivity contribution < 1.29 is 18.8 Å². The number of nitrogens with zero attached hydrogens (tertiary/aromatic N) is 1. The Bertz CT molecular complexity index is 657. The summed E-state index contributed by atoms with van der Waals surface area (Å²) in [5.74, 6) is -2.31. The molecule has 0 aromatic heterocycles. The highest BCUT2D eigenvalue weighted by Gasteiger charge is 2.25. The molecule has 1 aromatic carbocycles. The standard InChI is InChI=1S/C16H19FN4O3/c1-10(22)20-14(9-11-4-2-5-12(17)8-11)16(24)21-13(15(19)23)6-3-7-18/h2,4-5,8,13-14H,3,6,9H2,1H3,(H2,19,23)(H,20,22)(H,21,24)/t13-,14-/m1/s1. The molecule has 7 nitrogen and oxygen atoms in total. The van der Waals surface area contributed by atoms with Gasteiger partial charge in [-0.15, -0.1) is 0 Å². The predicted molar refractivity (Wildman–Crippen MR) is 83.7 cm³/mol. The van der Waals surface area contributed by atoms with Crippen molar-refractivity contribution in [1.82, 2.24) is 10.6 Å². The lowest BCUT2D eigenvalue weighted by atomic mass is 10.0. The van der Waals surface area contributed by atoms with Crippen LogP contribution < -0.4 is 16.4 Å². The molecule has 0 heterocycles. The van der Waals surface area contributed by atoms with Crippen LogP contribution in [0.5, 0.6) is 0 Å². The van der Waals surface area contributed by atoms with Gasteiger partial charge < -0.3 is 16.4 Å². The number of primary amides is 1. The molecular weight excluding hydrogens is 315 g/mol. The first-order valence-electron chi connectivity index (χ1n) is 7.31. The molecule has 0 spiro atoms. The molecule has 0 bridgehead atoms. The second kappa shape index (κ2) is 9.25. The van der Waals surface area contributed by atoms with E-state index in [1.54, 1.807) is 6.07 Å². The third kappa shape index (κ3) is 6.44. The Morgan fingerprint density at radius 3 is 2.54 bits per heavy atom. The van der Waals surface area contributed by atoms with Gasteiger partial charge >= 0.3 is 0 Å². The molecule has 2 atom stereocenters. The SMILES string of the molecule is CC(=O)N[C@H](Cc1cccc(F)c1)C(=O)N[C@H](CCC#N)C(N)=O. The molecule has 24 heavy (non-hydrogen) atoms. The second-order valence-electron chi connectivity index (χ2n) is 5.25. The smallest absolute Gasteiger partial charge is 0.243 e. The number of hydrogen-bond acceptors (Lipinski definition) is 4. The number of benzene rings is 1. The lowest BCUT2D eigenvalue weighted by Gasteiger charge is -2.21. The predicted octanol–water partition coefficient (Wildman–Crippen LogP) is 0.147. The molecule has 0 saturated carbocycles. The van der Waals surface area contributed by atoms with E-state index < -0.39 is 35.6 Å². The van der Waals surface area contributed by atoms with Gasteiger partial charge in [-0.05, 0) is 24.1 Å².